The van der Waals surface area contributed by atoms with Gasteiger partial charge in [0.1, 0.15) is 11.1 Å². The van der Waals surface area contributed by atoms with E-state index in [2.05, 4.69) is 15.9 Å². The summed E-state index contributed by atoms with van der Waals surface area (Å²) < 4.78 is 11.5. The van der Waals surface area contributed by atoms with Crippen molar-refractivity contribution in [2.45, 2.75) is 49.8 Å². The first-order valence-corrected chi connectivity index (χ1v) is 7.05. The van der Waals surface area contributed by atoms with E-state index in [0.717, 1.165) is 19.3 Å². The first-order chi connectivity index (χ1) is 7.63. The minimum Gasteiger partial charge on any atom is -0.459 e. The van der Waals surface area contributed by atoms with Gasteiger partial charge in [-0.25, -0.2) is 0 Å². The Morgan fingerprint density at radius 3 is 2.94 bits per heavy atom. The molecule has 0 aromatic rings. The van der Waals surface area contributed by atoms with Gasteiger partial charge in [-0.05, 0) is 44.4 Å². The second kappa shape index (κ2) is 3.98. The number of alkyl halides is 1. The molecule has 4 rings (SSSR count). The van der Waals surface area contributed by atoms with Gasteiger partial charge in [0.2, 0.25) is 0 Å². The zero-order valence-electron chi connectivity index (χ0n) is 9.40. The van der Waals surface area contributed by atoms with E-state index >= 15 is 0 Å². The molecule has 3 nitrogen and oxygen atoms in total. The fourth-order valence-electron chi connectivity index (χ4n) is 3.68. The smallest absolute Gasteiger partial charge is 0.309 e. The van der Waals surface area contributed by atoms with Gasteiger partial charge in [-0.3, -0.25) is 4.79 Å². The van der Waals surface area contributed by atoms with Gasteiger partial charge in [0.25, 0.3) is 0 Å². The Kier molecular flexibility index (Phi) is 2.75. The zero-order valence-corrected chi connectivity index (χ0v) is 11.0. The van der Waals surface area contributed by atoms with Crippen molar-refractivity contribution >= 4 is 21.9 Å². The summed E-state index contributed by atoms with van der Waals surface area (Å²) in [5.74, 6) is 1.37. The number of carbonyl (C=O) groups is 1. The lowest BCUT2D eigenvalue weighted by atomic mass is 9.67. The van der Waals surface area contributed by atoms with Crippen molar-refractivity contribution in [1.29, 1.82) is 0 Å². The van der Waals surface area contributed by atoms with Gasteiger partial charge in [-0.1, -0.05) is 15.9 Å². The zero-order chi connectivity index (χ0) is 11.3. The highest BCUT2D eigenvalue weighted by Gasteiger charge is 2.50. The normalized spacial score (nSPS) is 47.6. The van der Waals surface area contributed by atoms with E-state index in [4.69, 9.17) is 9.47 Å². The maximum absolute atomic E-state index is 11.8. The molecule has 2 saturated heterocycles. The summed E-state index contributed by atoms with van der Waals surface area (Å²) in [7, 11) is 0. The Balaban J connectivity index is 1.84. The van der Waals surface area contributed by atoms with Crippen LogP contribution >= 0.6 is 15.9 Å². The summed E-state index contributed by atoms with van der Waals surface area (Å²) in [6.45, 7) is 1.98. The highest BCUT2D eigenvalue weighted by Crippen LogP contribution is 2.48. The Morgan fingerprint density at radius 1 is 1.38 bits per heavy atom. The molecule has 2 heterocycles. The Bertz CT molecular complexity index is 305. The third kappa shape index (κ3) is 1.80. The van der Waals surface area contributed by atoms with Crippen LogP contribution in [0.2, 0.25) is 0 Å². The SMILES string of the molecule is CC(Br)OC1C2CC3CC(C2)C(=O)OC1C3. The lowest BCUT2D eigenvalue weighted by Gasteiger charge is -2.42. The van der Waals surface area contributed by atoms with E-state index in [1.165, 1.54) is 6.42 Å². The monoisotopic (exact) mass is 288 g/mol. The molecule has 0 aromatic carbocycles. The van der Waals surface area contributed by atoms with Crippen LogP contribution in [-0.4, -0.2) is 23.2 Å². The fourth-order valence-corrected chi connectivity index (χ4v) is 3.93. The Morgan fingerprint density at radius 2 is 2.19 bits per heavy atom. The van der Waals surface area contributed by atoms with E-state index in [0.29, 0.717) is 11.8 Å². The molecule has 4 heteroatoms. The molecule has 0 spiro atoms. The summed E-state index contributed by atoms with van der Waals surface area (Å²) in [6, 6.07) is 0. The van der Waals surface area contributed by atoms with Crippen LogP contribution in [0, 0.1) is 17.8 Å². The molecule has 90 valence electrons. The number of carbonyl (C=O) groups excluding carboxylic acids is 1. The van der Waals surface area contributed by atoms with Crippen LogP contribution in [0.15, 0.2) is 0 Å². The largest absolute Gasteiger partial charge is 0.459 e. The van der Waals surface area contributed by atoms with Crippen molar-refractivity contribution < 1.29 is 14.3 Å². The van der Waals surface area contributed by atoms with E-state index < -0.39 is 0 Å². The third-order valence-electron chi connectivity index (χ3n) is 4.18. The summed E-state index contributed by atoms with van der Waals surface area (Å²) in [5, 5.41) is 0.0359. The number of halogens is 1. The molecule has 4 fully saturated rings. The van der Waals surface area contributed by atoms with E-state index in [1.807, 2.05) is 6.92 Å². The molecule has 6 atom stereocenters. The molecule has 6 unspecified atom stereocenters. The molecule has 16 heavy (non-hydrogen) atoms. The van der Waals surface area contributed by atoms with Crippen molar-refractivity contribution in [3.05, 3.63) is 0 Å². The standard InChI is InChI=1S/C12H17BrO3/c1-6(13)15-11-8-2-7-3-9(5-8)12(14)16-10(11)4-7/h6-11H,2-5H2,1H3. The molecular formula is C12H17BrO3. The van der Waals surface area contributed by atoms with Crippen molar-refractivity contribution in [2.75, 3.05) is 0 Å². The maximum Gasteiger partial charge on any atom is 0.309 e. The minimum absolute atomic E-state index is 0.00347. The lowest BCUT2D eigenvalue weighted by Crippen LogP contribution is -2.45. The molecule has 0 radical (unpaired) electrons. The van der Waals surface area contributed by atoms with Crippen molar-refractivity contribution in [1.82, 2.24) is 0 Å². The molecule has 2 aliphatic carbocycles. The molecule has 4 aliphatic rings. The second-order valence-corrected chi connectivity index (χ2v) is 6.67. The van der Waals surface area contributed by atoms with Gasteiger partial charge >= 0.3 is 5.97 Å². The first-order valence-electron chi connectivity index (χ1n) is 6.13. The van der Waals surface area contributed by atoms with Gasteiger partial charge in [-0.2, -0.15) is 0 Å². The van der Waals surface area contributed by atoms with Crippen LogP contribution in [0.25, 0.3) is 0 Å². The summed E-state index contributed by atoms with van der Waals surface area (Å²) in [4.78, 5) is 11.8. The Labute approximate surface area is 104 Å². The Hall–Kier alpha value is -0.0900. The predicted molar refractivity (Wildman–Crippen MR) is 62.1 cm³/mol. The molecule has 2 aliphatic heterocycles. The van der Waals surface area contributed by atoms with Gasteiger partial charge < -0.3 is 9.47 Å². The van der Waals surface area contributed by atoms with Crippen molar-refractivity contribution in [2.24, 2.45) is 17.8 Å². The first kappa shape index (κ1) is 11.0. The van der Waals surface area contributed by atoms with Crippen LogP contribution in [-0.2, 0) is 14.3 Å². The van der Waals surface area contributed by atoms with E-state index in [1.54, 1.807) is 0 Å². The van der Waals surface area contributed by atoms with Crippen LogP contribution in [0.1, 0.15) is 32.6 Å². The van der Waals surface area contributed by atoms with Gasteiger partial charge in [0.15, 0.2) is 0 Å². The second-order valence-electron chi connectivity index (χ2n) is 5.38. The van der Waals surface area contributed by atoms with E-state index in [9.17, 15) is 4.79 Å². The number of hydrogen-bond donors (Lipinski definition) is 0. The number of fused-ring (bicyclic) bond motifs is 1. The van der Waals surface area contributed by atoms with Gasteiger partial charge in [0, 0.05) is 0 Å². The minimum atomic E-state index is 0.00347. The molecule has 4 bridgehead atoms. The summed E-state index contributed by atoms with van der Waals surface area (Å²) in [5.41, 5.74) is 0. The van der Waals surface area contributed by atoms with Crippen molar-refractivity contribution in [3.8, 4) is 0 Å². The highest BCUT2D eigenvalue weighted by atomic mass is 79.9. The molecule has 0 aromatic heterocycles. The fraction of sp³-hybridized carbons (Fsp3) is 0.917. The number of ether oxygens (including phenoxy) is 2. The summed E-state index contributed by atoms with van der Waals surface area (Å²) >= 11 is 3.42. The van der Waals surface area contributed by atoms with Gasteiger partial charge in [-0.15, -0.1) is 0 Å². The average Bonchev–Trinajstić information content (AvgIpc) is 2.36. The van der Waals surface area contributed by atoms with Crippen LogP contribution < -0.4 is 0 Å². The van der Waals surface area contributed by atoms with Crippen LogP contribution in [0.4, 0.5) is 0 Å². The molecule has 2 saturated carbocycles. The topological polar surface area (TPSA) is 35.5 Å². The number of hydrogen-bond acceptors (Lipinski definition) is 3. The maximum atomic E-state index is 11.8. The van der Waals surface area contributed by atoms with E-state index in [-0.39, 0.29) is 29.1 Å². The average molecular weight is 289 g/mol. The van der Waals surface area contributed by atoms with Crippen molar-refractivity contribution in [3.63, 3.8) is 0 Å². The van der Waals surface area contributed by atoms with Crippen LogP contribution in [0.3, 0.4) is 0 Å². The van der Waals surface area contributed by atoms with Gasteiger partial charge in [0.05, 0.1) is 12.0 Å². The van der Waals surface area contributed by atoms with Crippen LogP contribution in [0.5, 0.6) is 0 Å². The molecule has 0 amide bonds. The summed E-state index contributed by atoms with van der Waals surface area (Å²) in [6.07, 6.45) is 4.35. The third-order valence-corrected chi connectivity index (χ3v) is 4.40. The number of esters is 1. The quantitative estimate of drug-likeness (QED) is 0.578. The predicted octanol–water partition coefficient (Wildman–Crippen LogP) is 2.47. The lowest BCUT2D eigenvalue weighted by molar-refractivity contribution is -0.160. The molecule has 0 N–H and O–H groups in total. The highest BCUT2D eigenvalue weighted by molar-refractivity contribution is 9.09. The molecular weight excluding hydrogens is 272 g/mol. The number of rotatable bonds is 2.